The number of anilines is 1. The summed E-state index contributed by atoms with van der Waals surface area (Å²) in [7, 11) is 1.67. The number of hydrogen-bond acceptors (Lipinski definition) is 4. The van der Waals surface area contributed by atoms with Gasteiger partial charge in [-0.25, -0.2) is 4.79 Å². The molecule has 1 rings (SSSR count). The van der Waals surface area contributed by atoms with Crippen LogP contribution in [0.3, 0.4) is 0 Å². The molecule has 0 fully saturated rings. The minimum absolute atomic E-state index is 0.125. The predicted octanol–water partition coefficient (Wildman–Crippen LogP) is 1.45. The van der Waals surface area contributed by atoms with Gasteiger partial charge in [0.15, 0.2) is 0 Å². The van der Waals surface area contributed by atoms with E-state index in [9.17, 15) is 14.0 Å². The number of hydrogen-bond donors (Lipinski definition) is 2. The van der Waals surface area contributed by atoms with Gasteiger partial charge in [-0.3, -0.25) is 4.79 Å². The lowest BCUT2D eigenvalue weighted by Gasteiger charge is -2.05. The van der Waals surface area contributed by atoms with E-state index in [1.807, 2.05) is 0 Å². The second-order valence-electron chi connectivity index (χ2n) is 3.30. The van der Waals surface area contributed by atoms with Gasteiger partial charge in [0.05, 0.1) is 6.54 Å². The van der Waals surface area contributed by atoms with Gasteiger partial charge in [-0.1, -0.05) is 12.1 Å². The van der Waals surface area contributed by atoms with Crippen LogP contribution in [-0.2, 0) is 16.1 Å². The number of benzene rings is 1. The van der Waals surface area contributed by atoms with Crippen LogP contribution in [0.2, 0.25) is 0 Å². The summed E-state index contributed by atoms with van der Waals surface area (Å²) in [5.41, 5.74) is 1.27. The molecular weight excluding hydrogens is 227 g/mol. The smallest absolute Gasteiger partial charge is 0.435 e. The van der Waals surface area contributed by atoms with E-state index in [4.69, 9.17) is 0 Å². The lowest BCUT2D eigenvalue weighted by molar-refractivity contribution is -0.115. The molecule has 0 aliphatic heterocycles. The molecule has 0 atom stereocenters. The quantitative estimate of drug-likeness (QED) is 0.764. The van der Waals surface area contributed by atoms with Crippen molar-refractivity contribution in [2.45, 2.75) is 6.61 Å². The first-order chi connectivity index (χ1) is 8.11. The molecule has 0 saturated carbocycles. The largest absolute Gasteiger partial charge is 0.495 e. The van der Waals surface area contributed by atoms with Crippen molar-refractivity contribution in [2.24, 2.45) is 0 Å². The Morgan fingerprint density at radius 2 is 1.94 bits per heavy atom. The van der Waals surface area contributed by atoms with Gasteiger partial charge in [0.25, 0.3) is 0 Å². The predicted molar refractivity (Wildman–Crippen MR) is 60.3 cm³/mol. The average molecular weight is 240 g/mol. The zero-order valence-corrected chi connectivity index (χ0v) is 9.33. The van der Waals surface area contributed by atoms with Crippen molar-refractivity contribution >= 4 is 17.8 Å². The van der Waals surface area contributed by atoms with Gasteiger partial charge in [-0.05, 0) is 24.7 Å². The second-order valence-corrected chi connectivity index (χ2v) is 3.30. The Balaban J connectivity index is 2.49. The first kappa shape index (κ1) is 13.1. The highest BCUT2D eigenvalue weighted by atomic mass is 19.1. The van der Waals surface area contributed by atoms with E-state index in [-0.39, 0.29) is 19.1 Å². The molecule has 0 radical (unpaired) electrons. The fourth-order valence-corrected chi connectivity index (χ4v) is 1.19. The molecule has 0 aliphatic rings. The maximum atomic E-state index is 11.8. The van der Waals surface area contributed by atoms with Crippen molar-refractivity contribution in [3.8, 4) is 0 Å². The lowest BCUT2D eigenvalue weighted by Crippen LogP contribution is -2.24. The number of rotatable bonds is 5. The molecule has 0 spiro atoms. The van der Waals surface area contributed by atoms with Gasteiger partial charge in [0, 0.05) is 5.69 Å². The van der Waals surface area contributed by atoms with Crippen LogP contribution in [0.5, 0.6) is 0 Å². The Morgan fingerprint density at radius 1 is 1.29 bits per heavy atom. The molecule has 0 bridgehead atoms. The highest BCUT2D eigenvalue weighted by Gasteiger charge is 2.02. The van der Waals surface area contributed by atoms with Crippen LogP contribution in [0.25, 0.3) is 0 Å². The van der Waals surface area contributed by atoms with Gasteiger partial charge in [0.1, 0.15) is 6.61 Å². The maximum absolute atomic E-state index is 11.8. The molecule has 1 aromatic rings. The van der Waals surface area contributed by atoms with Crippen LogP contribution in [0.15, 0.2) is 24.3 Å². The maximum Gasteiger partial charge on any atom is 0.495 e. The Kier molecular flexibility index (Phi) is 5.09. The van der Waals surface area contributed by atoms with Crippen LogP contribution in [0.1, 0.15) is 5.56 Å². The lowest BCUT2D eigenvalue weighted by atomic mass is 10.2. The van der Waals surface area contributed by atoms with Crippen LogP contribution in [-0.4, -0.2) is 25.7 Å². The van der Waals surface area contributed by atoms with E-state index in [0.717, 1.165) is 0 Å². The Morgan fingerprint density at radius 3 is 2.47 bits per heavy atom. The molecule has 0 unspecified atom stereocenters. The summed E-state index contributed by atoms with van der Waals surface area (Å²) in [6.07, 6.45) is -1.81. The normalized spacial score (nSPS) is 9.76. The molecule has 2 N–H and O–H groups in total. The molecule has 5 nitrogen and oxygen atoms in total. The van der Waals surface area contributed by atoms with Gasteiger partial charge in [-0.15, -0.1) is 4.39 Å². The highest BCUT2D eigenvalue weighted by Crippen LogP contribution is 2.10. The Hall–Kier alpha value is -1.95. The summed E-state index contributed by atoms with van der Waals surface area (Å²) in [5, 5.41) is 5.37. The minimum atomic E-state index is -1.81. The monoisotopic (exact) mass is 240 g/mol. The zero-order chi connectivity index (χ0) is 12.7. The zero-order valence-electron chi connectivity index (χ0n) is 9.33. The number of halogens is 1. The van der Waals surface area contributed by atoms with Crippen molar-refractivity contribution in [1.82, 2.24) is 5.32 Å². The fourth-order valence-electron chi connectivity index (χ4n) is 1.19. The average Bonchev–Trinajstić information content (AvgIpc) is 2.28. The third-order valence-corrected chi connectivity index (χ3v) is 1.93. The van der Waals surface area contributed by atoms with Crippen LogP contribution < -0.4 is 10.6 Å². The first-order valence-electron chi connectivity index (χ1n) is 4.97. The van der Waals surface area contributed by atoms with Gasteiger partial charge in [0.2, 0.25) is 5.91 Å². The van der Waals surface area contributed by atoms with E-state index >= 15 is 0 Å². The molecule has 0 aliphatic carbocycles. The molecule has 6 heteroatoms. The second kappa shape index (κ2) is 6.59. The Bertz CT molecular complexity index is 392. The molecule has 0 saturated heterocycles. The summed E-state index contributed by atoms with van der Waals surface area (Å²) in [4.78, 5) is 21.2. The molecule has 1 aromatic carbocycles. The number of likely N-dealkylation sites (N-methyl/N-ethyl adjacent to an activating group) is 1. The third-order valence-electron chi connectivity index (χ3n) is 1.93. The summed E-state index contributed by atoms with van der Waals surface area (Å²) in [5.74, 6) is -0.157. The van der Waals surface area contributed by atoms with E-state index in [1.54, 1.807) is 31.3 Å². The molecule has 0 aromatic heterocycles. The third kappa shape index (κ3) is 5.07. The summed E-state index contributed by atoms with van der Waals surface area (Å²) in [6, 6.07) is 6.57. The van der Waals surface area contributed by atoms with E-state index < -0.39 is 6.22 Å². The highest BCUT2D eigenvalue weighted by molar-refractivity contribution is 5.92. The molecule has 17 heavy (non-hydrogen) atoms. The number of carbonyl (C=O) groups excluding carboxylic acids is 2. The number of ether oxygens (including phenoxy) is 1. The molecule has 0 heterocycles. The van der Waals surface area contributed by atoms with Crippen LogP contribution in [0, 0.1) is 0 Å². The minimum Gasteiger partial charge on any atom is -0.435 e. The number of amides is 1. The number of nitrogens with one attached hydrogen (secondary N) is 2. The molecular formula is C11H13FN2O3. The van der Waals surface area contributed by atoms with Gasteiger partial charge >= 0.3 is 6.22 Å². The summed E-state index contributed by atoms with van der Waals surface area (Å²) in [6.45, 7) is 0.0985. The van der Waals surface area contributed by atoms with Crippen molar-refractivity contribution in [1.29, 1.82) is 0 Å². The van der Waals surface area contributed by atoms with Crippen molar-refractivity contribution < 1.29 is 18.7 Å². The van der Waals surface area contributed by atoms with E-state index in [2.05, 4.69) is 15.4 Å². The summed E-state index contributed by atoms with van der Waals surface area (Å²) < 4.78 is 16.0. The number of carbonyl (C=O) groups is 2. The molecule has 92 valence electrons. The fraction of sp³-hybridized carbons (Fsp3) is 0.273. The van der Waals surface area contributed by atoms with Gasteiger partial charge in [-0.2, -0.15) is 0 Å². The van der Waals surface area contributed by atoms with Crippen molar-refractivity contribution in [2.75, 3.05) is 18.9 Å². The van der Waals surface area contributed by atoms with Gasteiger partial charge < -0.3 is 15.4 Å². The molecule has 1 amide bonds. The van der Waals surface area contributed by atoms with Crippen LogP contribution >= 0.6 is 0 Å². The van der Waals surface area contributed by atoms with E-state index in [1.165, 1.54) is 0 Å². The standard InChI is InChI=1S/C11H13FN2O3/c1-13-6-10(15)14-9-4-2-8(3-5-9)7-17-11(12)16/h2-5,13H,6-7H2,1H3,(H,14,15). The van der Waals surface area contributed by atoms with Crippen LogP contribution in [0.4, 0.5) is 14.9 Å². The SMILES string of the molecule is CNCC(=O)Nc1ccc(COC(=O)F)cc1. The van der Waals surface area contributed by atoms with Crippen molar-refractivity contribution in [3.05, 3.63) is 29.8 Å². The topological polar surface area (TPSA) is 67.4 Å². The van der Waals surface area contributed by atoms with E-state index in [0.29, 0.717) is 11.3 Å². The Labute approximate surface area is 98.0 Å². The van der Waals surface area contributed by atoms with Crippen molar-refractivity contribution in [3.63, 3.8) is 0 Å². The summed E-state index contributed by atoms with van der Waals surface area (Å²) >= 11 is 0. The first-order valence-corrected chi connectivity index (χ1v) is 4.97.